The van der Waals surface area contributed by atoms with Gasteiger partial charge in [-0.2, -0.15) is 0 Å². The Bertz CT molecular complexity index is 859. The third-order valence-electron chi connectivity index (χ3n) is 5.72. The molecule has 0 aromatic heterocycles. The monoisotopic (exact) mass is 408 g/mol. The molecule has 0 aliphatic carbocycles. The normalized spacial score (nSPS) is 14.2. The summed E-state index contributed by atoms with van der Waals surface area (Å²) in [5.41, 5.74) is 1.62. The predicted octanol–water partition coefficient (Wildman–Crippen LogP) is 1.32. The van der Waals surface area contributed by atoms with Gasteiger partial charge >= 0.3 is 0 Å². The summed E-state index contributed by atoms with van der Waals surface area (Å²) < 4.78 is 0. The van der Waals surface area contributed by atoms with Crippen LogP contribution in [-0.4, -0.2) is 54.8 Å². The van der Waals surface area contributed by atoms with Crippen molar-refractivity contribution in [1.82, 2.24) is 10.2 Å². The van der Waals surface area contributed by atoms with Gasteiger partial charge in [-0.1, -0.05) is 42.5 Å². The minimum atomic E-state index is -0.874. The van der Waals surface area contributed by atoms with E-state index in [0.717, 1.165) is 36.5 Å². The summed E-state index contributed by atoms with van der Waals surface area (Å²) in [6.45, 7) is 7.90. The Kier molecular flexibility index (Phi) is 7.36. The van der Waals surface area contributed by atoms with Crippen LogP contribution < -0.4 is 10.2 Å². The first-order valence-corrected chi connectivity index (χ1v) is 10.7. The van der Waals surface area contributed by atoms with Crippen molar-refractivity contribution in [3.05, 3.63) is 71.3 Å². The first-order valence-electron chi connectivity index (χ1n) is 10.7. The van der Waals surface area contributed by atoms with E-state index in [1.807, 2.05) is 30.3 Å². The molecule has 2 aromatic rings. The Labute approximate surface area is 177 Å². The summed E-state index contributed by atoms with van der Waals surface area (Å²) in [7, 11) is 0. The van der Waals surface area contributed by atoms with Crippen molar-refractivity contribution >= 4 is 17.7 Å². The van der Waals surface area contributed by atoms with Crippen molar-refractivity contribution in [3.63, 3.8) is 0 Å². The molecule has 0 bridgehead atoms. The third kappa shape index (κ3) is 4.76. The predicted molar refractivity (Wildman–Crippen MR) is 115 cm³/mol. The smallest absolute Gasteiger partial charge is 0.262 e. The topological polar surface area (TPSA) is 70.9 Å². The highest BCUT2D eigenvalue weighted by Crippen LogP contribution is 2.26. The highest BCUT2D eigenvalue weighted by molar-refractivity contribution is 6.22. The number of nitrogens with one attached hydrogen (secondary N) is 2. The quantitative estimate of drug-likeness (QED) is 0.460. The number of imide groups is 1. The van der Waals surface area contributed by atoms with Gasteiger partial charge in [0.05, 0.1) is 30.8 Å². The highest BCUT2D eigenvalue weighted by atomic mass is 16.2. The molecule has 6 nitrogen and oxygen atoms in total. The van der Waals surface area contributed by atoms with E-state index in [-0.39, 0.29) is 5.91 Å². The number of benzene rings is 2. The summed E-state index contributed by atoms with van der Waals surface area (Å²) >= 11 is 0. The largest absolute Gasteiger partial charge is 0.354 e. The van der Waals surface area contributed by atoms with E-state index in [9.17, 15) is 14.4 Å². The van der Waals surface area contributed by atoms with Crippen LogP contribution in [0, 0.1) is 0 Å². The van der Waals surface area contributed by atoms with Crippen LogP contribution in [0.2, 0.25) is 0 Å². The lowest BCUT2D eigenvalue weighted by Gasteiger charge is -2.25. The molecule has 3 amide bonds. The van der Waals surface area contributed by atoms with Crippen LogP contribution in [0.5, 0.6) is 0 Å². The second kappa shape index (κ2) is 10.2. The first-order chi connectivity index (χ1) is 14.6. The molecule has 30 heavy (non-hydrogen) atoms. The van der Waals surface area contributed by atoms with Gasteiger partial charge in [0.1, 0.15) is 6.04 Å². The summed E-state index contributed by atoms with van der Waals surface area (Å²) in [5, 5.41) is 2.95. The van der Waals surface area contributed by atoms with E-state index >= 15 is 0 Å². The average Bonchev–Trinajstić information content (AvgIpc) is 3.03. The third-order valence-corrected chi connectivity index (χ3v) is 5.72. The molecule has 158 valence electrons. The van der Waals surface area contributed by atoms with Crippen molar-refractivity contribution < 1.29 is 19.3 Å². The van der Waals surface area contributed by atoms with Crippen LogP contribution in [0.1, 0.15) is 46.5 Å². The molecule has 1 heterocycles. The van der Waals surface area contributed by atoms with E-state index in [1.165, 1.54) is 4.90 Å². The fraction of sp³-hybridized carbons (Fsp3) is 0.375. The van der Waals surface area contributed by atoms with E-state index in [4.69, 9.17) is 0 Å². The SMILES string of the molecule is CC[NH+](CC)CCCNC(=O)[C@H](Cc1ccccc1)N1C(=O)c2ccccc2C1=O. The molecule has 0 saturated heterocycles. The van der Waals surface area contributed by atoms with Crippen molar-refractivity contribution in [2.45, 2.75) is 32.7 Å². The average molecular weight is 409 g/mol. The van der Waals surface area contributed by atoms with E-state index in [0.29, 0.717) is 24.1 Å². The van der Waals surface area contributed by atoms with Crippen LogP contribution >= 0.6 is 0 Å². The van der Waals surface area contributed by atoms with Gasteiger partial charge in [0.15, 0.2) is 0 Å². The standard InChI is InChI=1S/C24H29N3O3/c1-3-26(4-2)16-10-15-25-22(28)21(17-18-11-6-5-7-12-18)27-23(29)19-13-8-9-14-20(19)24(27)30/h5-9,11-14,21H,3-4,10,15-17H2,1-2H3,(H,25,28)/p+1/t21-/m0/s1. The Hall–Kier alpha value is -2.99. The number of hydrogen-bond donors (Lipinski definition) is 2. The summed E-state index contributed by atoms with van der Waals surface area (Å²) in [6.07, 6.45) is 1.14. The molecule has 2 aromatic carbocycles. The number of rotatable bonds is 10. The van der Waals surface area contributed by atoms with E-state index < -0.39 is 17.9 Å². The van der Waals surface area contributed by atoms with Crippen LogP contribution in [0.15, 0.2) is 54.6 Å². The Morgan fingerprint density at radius 3 is 2.07 bits per heavy atom. The Balaban J connectivity index is 1.75. The molecule has 1 aliphatic rings. The van der Waals surface area contributed by atoms with E-state index in [2.05, 4.69) is 19.2 Å². The molecule has 6 heteroatoms. The van der Waals surface area contributed by atoms with Gasteiger partial charge in [0.2, 0.25) is 5.91 Å². The lowest BCUT2D eigenvalue weighted by molar-refractivity contribution is -0.896. The zero-order chi connectivity index (χ0) is 21.5. The van der Waals surface area contributed by atoms with Gasteiger partial charge in [-0.3, -0.25) is 19.3 Å². The summed E-state index contributed by atoms with van der Waals surface area (Å²) in [6, 6.07) is 15.4. The first kappa shape index (κ1) is 21.7. The number of quaternary nitrogens is 1. The number of carbonyl (C=O) groups is 3. The minimum absolute atomic E-state index is 0.289. The molecule has 2 N–H and O–H groups in total. The van der Waals surface area contributed by atoms with Crippen molar-refractivity contribution in [3.8, 4) is 0 Å². The van der Waals surface area contributed by atoms with Crippen LogP contribution in [-0.2, 0) is 11.2 Å². The number of amides is 3. The second-order valence-electron chi connectivity index (χ2n) is 7.58. The van der Waals surface area contributed by atoms with E-state index in [1.54, 1.807) is 24.3 Å². The zero-order valence-corrected chi connectivity index (χ0v) is 17.7. The van der Waals surface area contributed by atoms with Gasteiger partial charge in [-0.15, -0.1) is 0 Å². The van der Waals surface area contributed by atoms with Crippen LogP contribution in [0.3, 0.4) is 0 Å². The lowest BCUT2D eigenvalue weighted by atomic mass is 10.0. The maximum absolute atomic E-state index is 13.1. The lowest BCUT2D eigenvalue weighted by Crippen LogP contribution is -3.11. The van der Waals surface area contributed by atoms with Crippen molar-refractivity contribution in [1.29, 1.82) is 0 Å². The molecular formula is C24H30N3O3+. The Morgan fingerprint density at radius 1 is 0.933 bits per heavy atom. The maximum Gasteiger partial charge on any atom is 0.262 e. The summed E-state index contributed by atoms with van der Waals surface area (Å²) in [5.74, 6) is -1.10. The molecule has 0 saturated carbocycles. The Morgan fingerprint density at radius 2 is 1.50 bits per heavy atom. The molecule has 1 aliphatic heterocycles. The molecular weight excluding hydrogens is 378 g/mol. The van der Waals surface area contributed by atoms with Gasteiger partial charge in [0, 0.05) is 19.4 Å². The van der Waals surface area contributed by atoms with Gasteiger partial charge in [0.25, 0.3) is 11.8 Å². The summed E-state index contributed by atoms with van der Waals surface area (Å²) in [4.78, 5) is 41.6. The molecule has 1 atom stereocenters. The van der Waals surface area contributed by atoms with Gasteiger partial charge in [-0.05, 0) is 31.5 Å². The second-order valence-corrected chi connectivity index (χ2v) is 7.58. The minimum Gasteiger partial charge on any atom is -0.354 e. The van der Waals surface area contributed by atoms with Crippen molar-refractivity contribution in [2.75, 3.05) is 26.2 Å². The van der Waals surface area contributed by atoms with Gasteiger partial charge in [-0.25, -0.2) is 0 Å². The molecule has 0 unspecified atom stereocenters. The number of hydrogen-bond acceptors (Lipinski definition) is 3. The number of carbonyl (C=O) groups excluding carboxylic acids is 3. The van der Waals surface area contributed by atoms with Crippen LogP contribution in [0.25, 0.3) is 0 Å². The number of nitrogens with zero attached hydrogens (tertiary/aromatic N) is 1. The molecule has 3 rings (SSSR count). The zero-order valence-electron chi connectivity index (χ0n) is 17.7. The molecule has 0 spiro atoms. The van der Waals surface area contributed by atoms with Crippen LogP contribution in [0.4, 0.5) is 0 Å². The highest BCUT2D eigenvalue weighted by Gasteiger charge is 2.42. The van der Waals surface area contributed by atoms with Gasteiger partial charge < -0.3 is 10.2 Å². The molecule has 0 fully saturated rings. The number of fused-ring (bicyclic) bond motifs is 1. The fourth-order valence-electron chi connectivity index (χ4n) is 3.90. The maximum atomic E-state index is 13.1. The molecule has 0 radical (unpaired) electrons. The van der Waals surface area contributed by atoms with Crippen molar-refractivity contribution in [2.24, 2.45) is 0 Å². The fourth-order valence-corrected chi connectivity index (χ4v) is 3.90.